The zero-order valence-corrected chi connectivity index (χ0v) is 8.70. The molecule has 0 aromatic carbocycles. The van der Waals surface area contributed by atoms with Gasteiger partial charge in [0.2, 0.25) is 11.8 Å². The minimum atomic E-state index is -0.263. The summed E-state index contributed by atoms with van der Waals surface area (Å²) in [5, 5.41) is 11.2. The van der Waals surface area contributed by atoms with Crippen molar-refractivity contribution in [2.45, 2.75) is 24.9 Å². The average molecular weight is 214 g/mol. The monoisotopic (exact) mass is 214 g/mol. The number of nitrogens with two attached hydrogens (primary N) is 1. The van der Waals surface area contributed by atoms with Crippen molar-refractivity contribution in [2.24, 2.45) is 5.73 Å². The van der Waals surface area contributed by atoms with Gasteiger partial charge in [-0.25, -0.2) is 0 Å². The van der Waals surface area contributed by atoms with Crippen molar-refractivity contribution in [3.63, 3.8) is 0 Å². The molecule has 0 radical (unpaired) electrons. The van der Waals surface area contributed by atoms with Gasteiger partial charge in [-0.1, -0.05) is 0 Å². The average Bonchev–Trinajstić information content (AvgIpc) is 2.86. The van der Waals surface area contributed by atoms with Crippen molar-refractivity contribution in [1.82, 2.24) is 15.5 Å². The highest BCUT2D eigenvalue weighted by Crippen LogP contribution is 2.22. The van der Waals surface area contributed by atoms with Crippen molar-refractivity contribution in [3.05, 3.63) is 11.8 Å². The van der Waals surface area contributed by atoms with Crippen LogP contribution in [0.5, 0.6) is 0 Å². The second-order valence-electron chi connectivity index (χ2n) is 3.42. The van der Waals surface area contributed by atoms with Crippen LogP contribution in [-0.4, -0.2) is 22.5 Å². The van der Waals surface area contributed by atoms with E-state index in [1.807, 2.05) is 0 Å². The van der Waals surface area contributed by atoms with Gasteiger partial charge >= 0.3 is 0 Å². The number of nitrogens with zero attached hydrogens (tertiary/aromatic N) is 2. The number of aromatic nitrogens is 2. The minimum Gasteiger partial charge on any atom is -0.422 e. The van der Waals surface area contributed by atoms with Gasteiger partial charge in [0.05, 0.1) is 12.1 Å². The summed E-state index contributed by atoms with van der Waals surface area (Å²) in [6, 6.07) is -0.0515. The first-order valence-electron chi connectivity index (χ1n) is 4.74. The third-order valence-corrected chi connectivity index (χ3v) is 2.72. The van der Waals surface area contributed by atoms with Gasteiger partial charge in [0.1, 0.15) is 0 Å². The van der Waals surface area contributed by atoms with Gasteiger partial charge in [0, 0.05) is 5.75 Å². The third-order valence-electron chi connectivity index (χ3n) is 2.33. The van der Waals surface area contributed by atoms with Crippen molar-refractivity contribution in [2.75, 3.05) is 12.3 Å². The Bertz CT molecular complexity index is 297. The Morgan fingerprint density at radius 1 is 1.64 bits per heavy atom. The molecular weight excluding hydrogens is 200 g/mol. The highest BCUT2D eigenvalue weighted by atomic mass is 32.1. The SMILES string of the molecule is NC(CS)c1nnc(C2CCCN2)o1. The Labute approximate surface area is 87.9 Å². The van der Waals surface area contributed by atoms with Crippen molar-refractivity contribution >= 4 is 12.6 Å². The molecule has 1 saturated heterocycles. The highest BCUT2D eigenvalue weighted by molar-refractivity contribution is 7.80. The maximum atomic E-state index is 5.71. The fourth-order valence-electron chi connectivity index (χ4n) is 1.51. The van der Waals surface area contributed by atoms with Crippen LogP contribution in [0.2, 0.25) is 0 Å². The lowest BCUT2D eigenvalue weighted by atomic mass is 10.2. The van der Waals surface area contributed by atoms with Crippen LogP contribution in [0, 0.1) is 0 Å². The van der Waals surface area contributed by atoms with Gasteiger partial charge in [-0.15, -0.1) is 10.2 Å². The predicted octanol–water partition coefficient (Wildman–Crippen LogP) is 0.424. The van der Waals surface area contributed by atoms with Crippen LogP contribution < -0.4 is 11.1 Å². The van der Waals surface area contributed by atoms with E-state index in [1.54, 1.807) is 0 Å². The summed E-state index contributed by atoms with van der Waals surface area (Å²) in [6.45, 7) is 1.01. The molecule has 2 atom stereocenters. The Morgan fingerprint density at radius 3 is 3.14 bits per heavy atom. The first kappa shape index (κ1) is 9.95. The Morgan fingerprint density at radius 2 is 2.50 bits per heavy atom. The van der Waals surface area contributed by atoms with Gasteiger partial charge < -0.3 is 15.5 Å². The van der Waals surface area contributed by atoms with E-state index in [2.05, 4.69) is 28.1 Å². The maximum absolute atomic E-state index is 5.71. The molecule has 1 aromatic rings. The van der Waals surface area contributed by atoms with E-state index in [4.69, 9.17) is 10.2 Å². The molecule has 14 heavy (non-hydrogen) atoms. The van der Waals surface area contributed by atoms with Crippen LogP contribution in [0.15, 0.2) is 4.42 Å². The zero-order chi connectivity index (χ0) is 9.97. The smallest absolute Gasteiger partial charge is 0.234 e. The highest BCUT2D eigenvalue weighted by Gasteiger charge is 2.23. The molecule has 6 heteroatoms. The fourth-order valence-corrected chi connectivity index (χ4v) is 1.67. The molecule has 0 spiro atoms. The molecule has 2 heterocycles. The quantitative estimate of drug-likeness (QED) is 0.636. The second kappa shape index (κ2) is 4.29. The number of hydrogen-bond donors (Lipinski definition) is 3. The summed E-state index contributed by atoms with van der Waals surface area (Å²) in [4.78, 5) is 0. The number of thiol groups is 1. The fraction of sp³-hybridized carbons (Fsp3) is 0.750. The summed E-state index contributed by atoms with van der Waals surface area (Å²) >= 11 is 4.08. The van der Waals surface area contributed by atoms with Crippen LogP contribution in [0.1, 0.15) is 36.7 Å². The van der Waals surface area contributed by atoms with E-state index in [9.17, 15) is 0 Å². The first-order valence-corrected chi connectivity index (χ1v) is 5.37. The second-order valence-corrected chi connectivity index (χ2v) is 3.78. The molecule has 1 aliphatic rings. The Balaban J connectivity index is 2.08. The molecule has 0 aliphatic carbocycles. The van der Waals surface area contributed by atoms with Crippen LogP contribution in [0.4, 0.5) is 0 Å². The first-order chi connectivity index (χ1) is 6.81. The minimum absolute atomic E-state index is 0.211. The van der Waals surface area contributed by atoms with E-state index >= 15 is 0 Å². The zero-order valence-electron chi connectivity index (χ0n) is 7.81. The standard InChI is InChI=1S/C8H14N4OS/c9-5(4-14)7-11-12-8(13-7)6-2-1-3-10-6/h5-6,10,14H,1-4,9H2. The number of nitrogens with one attached hydrogen (secondary N) is 1. The Hall–Kier alpha value is -0.590. The third kappa shape index (κ3) is 1.92. The van der Waals surface area contributed by atoms with E-state index in [-0.39, 0.29) is 12.1 Å². The lowest BCUT2D eigenvalue weighted by molar-refractivity contribution is 0.389. The summed E-state index contributed by atoms with van der Waals surface area (Å²) in [5.41, 5.74) is 5.71. The molecule has 3 N–H and O–H groups in total. The largest absolute Gasteiger partial charge is 0.422 e. The molecule has 0 amide bonds. The van der Waals surface area contributed by atoms with Crippen molar-refractivity contribution < 1.29 is 4.42 Å². The van der Waals surface area contributed by atoms with Crippen LogP contribution in [0.3, 0.4) is 0 Å². The van der Waals surface area contributed by atoms with E-state index < -0.39 is 0 Å². The summed E-state index contributed by atoms with van der Waals surface area (Å²) in [6.07, 6.45) is 2.21. The molecule has 0 bridgehead atoms. The van der Waals surface area contributed by atoms with E-state index in [0.29, 0.717) is 17.5 Å². The molecule has 5 nitrogen and oxygen atoms in total. The van der Waals surface area contributed by atoms with Crippen LogP contribution in [-0.2, 0) is 0 Å². The van der Waals surface area contributed by atoms with Gasteiger partial charge in [-0.2, -0.15) is 12.6 Å². The summed E-state index contributed by atoms with van der Waals surface area (Å²) in [5.74, 6) is 1.64. The van der Waals surface area contributed by atoms with E-state index in [1.165, 1.54) is 0 Å². The van der Waals surface area contributed by atoms with Gasteiger partial charge in [0.15, 0.2) is 0 Å². The molecule has 1 aromatic heterocycles. The molecule has 1 fully saturated rings. The van der Waals surface area contributed by atoms with Crippen molar-refractivity contribution in [3.8, 4) is 0 Å². The molecular formula is C8H14N4OS. The molecule has 2 unspecified atom stereocenters. The Kier molecular flexibility index (Phi) is 3.05. The topological polar surface area (TPSA) is 77.0 Å². The molecule has 2 rings (SSSR count). The van der Waals surface area contributed by atoms with Gasteiger partial charge in [0.25, 0.3) is 0 Å². The normalized spacial score (nSPS) is 24.0. The molecule has 0 saturated carbocycles. The lowest BCUT2D eigenvalue weighted by Gasteiger charge is -2.03. The number of rotatable bonds is 3. The molecule has 1 aliphatic heterocycles. The maximum Gasteiger partial charge on any atom is 0.234 e. The summed E-state index contributed by atoms with van der Waals surface area (Å²) < 4.78 is 5.46. The van der Waals surface area contributed by atoms with Crippen LogP contribution >= 0.6 is 12.6 Å². The van der Waals surface area contributed by atoms with Gasteiger partial charge in [-0.3, -0.25) is 0 Å². The molecule has 78 valence electrons. The lowest BCUT2D eigenvalue weighted by Crippen LogP contribution is -2.13. The predicted molar refractivity (Wildman–Crippen MR) is 55.1 cm³/mol. The summed E-state index contributed by atoms with van der Waals surface area (Å²) in [7, 11) is 0. The van der Waals surface area contributed by atoms with Gasteiger partial charge in [-0.05, 0) is 19.4 Å². The number of hydrogen-bond acceptors (Lipinski definition) is 6. The van der Waals surface area contributed by atoms with Crippen molar-refractivity contribution in [1.29, 1.82) is 0 Å². The van der Waals surface area contributed by atoms with Crippen LogP contribution in [0.25, 0.3) is 0 Å². The van der Waals surface area contributed by atoms with E-state index in [0.717, 1.165) is 19.4 Å².